The van der Waals surface area contributed by atoms with Crippen LogP contribution in [0.5, 0.6) is 5.75 Å². The van der Waals surface area contributed by atoms with Gasteiger partial charge in [0.25, 0.3) is 0 Å². The summed E-state index contributed by atoms with van der Waals surface area (Å²) in [6.45, 7) is 9.65. The van der Waals surface area contributed by atoms with E-state index in [1.165, 1.54) is 0 Å². The second-order valence-electron chi connectivity index (χ2n) is 13.7. The third kappa shape index (κ3) is 8.57. The summed E-state index contributed by atoms with van der Waals surface area (Å²) in [4.78, 5) is 33.3. The number of piperazine rings is 1. The predicted octanol–water partition coefficient (Wildman–Crippen LogP) is 2.84. The number of amides is 2. The number of nitrogens with zero attached hydrogens (tertiary/aromatic N) is 4. The number of ether oxygens (including phenoxy) is 2. The van der Waals surface area contributed by atoms with Gasteiger partial charge in [-0.2, -0.15) is 4.31 Å². The van der Waals surface area contributed by atoms with Gasteiger partial charge in [-0.1, -0.05) is 36.8 Å². The van der Waals surface area contributed by atoms with E-state index in [9.17, 15) is 18.0 Å². The zero-order valence-corrected chi connectivity index (χ0v) is 29.9. The smallest absolute Gasteiger partial charge is 0.248 e. The predicted molar refractivity (Wildman–Crippen MR) is 186 cm³/mol. The largest absolute Gasteiger partial charge is 0.497 e. The molecule has 1 unspecified atom stereocenters. The second-order valence-corrected chi connectivity index (χ2v) is 15.5. The minimum absolute atomic E-state index is 0.0118. The van der Waals surface area contributed by atoms with Gasteiger partial charge in [-0.15, -0.1) is 0 Å². The monoisotopic (exact) mass is 683 g/mol. The summed E-state index contributed by atoms with van der Waals surface area (Å²) in [6, 6.07) is 13.0. The van der Waals surface area contributed by atoms with Crippen LogP contribution in [0.2, 0.25) is 0 Å². The first-order valence-electron chi connectivity index (χ1n) is 17.3. The van der Waals surface area contributed by atoms with E-state index in [-0.39, 0.29) is 36.6 Å². The van der Waals surface area contributed by atoms with Crippen molar-refractivity contribution in [2.45, 2.75) is 68.8 Å². The summed E-state index contributed by atoms with van der Waals surface area (Å²) in [6.07, 6.45) is 4.28. The highest BCUT2D eigenvalue weighted by atomic mass is 32.2. The third-order valence-electron chi connectivity index (χ3n) is 10.4. The molecule has 3 fully saturated rings. The zero-order valence-electron chi connectivity index (χ0n) is 29.1. The first-order chi connectivity index (χ1) is 23.0. The fraction of sp³-hybridized carbons (Fsp3) is 0.611. The molecule has 3 heterocycles. The van der Waals surface area contributed by atoms with Crippen LogP contribution in [0.25, 0.3) is 0 Å². The number of carbonyl (C=O) groups is 2. The highest BCUT2D eigenvalue weighted by molar-refractivity contribution is 7.89. The van der Waals surface area contributed by atoms with E-state index in [1.807, 2.05) is 35.2 Å². The molecular formula is C36H53N5O6S. The Labute approximate surface area is 286 Å². The lowest BCUT2D eigenvalue weighted by Crippen LogP contribution is -2.64. The van der Waals surface area contributed by atoms with Crippen molar-refractivity contribution in [3.63, 3.8) is 0 Å². The Morgan fingerprint density at radius 2 is 1.60 bits per heavy atom. The van der Waals surface area contributed by atoms with Crippen molar-refractivity contribution in [1.29, 1.82) is 0 Å². The summed E-state index contributed by atoms with van der Waals surface area (Å²) >= 11 is 0. The van der Waals surface area contributed by atoms with Crippen molar-refractivity contribution in [1.82, 2.24) is 24.3 Å². The highest BCUT2D eigenvalue weighted by Gasteiger charge is 2.42. The molecular weight excluding hydrogens is 630 g/mol. The van der Waals surface area contributed by atoms with Gasteiger partial charge in [0.1, 0.15) is 12.4 Å². The summed E-state index contributed by atoms with van der Waals surface area (Å²) in [5, 5.41) is 3.22. The van der Waals surface area contributed by atoms with E-state index in [0.29, 0.717) is 60.8 Å². The van der Waals surface area contributed by atoms with E-state index < -0.39 is 10.0 Å². The van der Waals surface area contributed by atoms with Gasteiger partial charge in [0.2, 0.25) is 21.8 Å². The number of likely N-dealkylation sites (N-methyl/N-ethyl adjacent to an activating group) is 1. The van der Waals surface area contributed by atoms with Crippen molar-refractivity contribution in [3.05, 3.63) is 59.2 Å². The molecule has 2 aromatic carbocycles. The van der Waals surface area contributed by atoms with E-state index in [0.717, 1.165) is 57.4 Å². The number of hydrogen-bond donors (Lipinski definition) is 1. The van der Waals surface area contributed by atoms with Gasteiger partial charge >= 0.3 is 0 Å². The number of hydrogen-bond acceptors (Lipinski definition) is 8. The van der Waals surface area contributed by atoms with Crippen molar-refractivity contribution >= 4 is 21.8 Å². The maximum absolute atomic E-state index is 13.9. The van der Waals surface area contributed by atoms with Crippen LogP contribution in [0.3, 0.4) is 0 Å². The van der Waals surface area contributed by atoms with Crippen LogP contribution in [-0.4, -0.2) is 131 Å². The zero-order chi connectivity index (χ0) is 34.3. The van der Waals surface area contributed by atoms with Crippen LogP contribution in [0, 0.1) is 13.8 Å². The van der Waals surface area contributed by atoms with E-state index in [1.54, 1.807) is 37.4 Å². The van der Waals surface area contributed by atoms with Gasteiger partial charge in [-0.3, -0.25) is 14.5 Å². The van der Waals surface area contributed by atoms with Gasteiger partial charge < -0.3 is 24.6 Å². The number of piperidine rings is 2. The Morgan fingerprint density at radius 1 is 0.938 bits per heavy atom. The molecule has 0 aliphatic carbocycles. The molecule has 3 saturated heterocycles. The van der Waals surface area contributed by atoms with Crippen molar-refractivity contribution < 1.29 is 27.5 Å². The maximum Gasteiger partial charge on any atom is 0.248 e. The number of rotatable bonds is 12. The number of carbonyl (C=O) groups excluding carboxylic acids is 2. The molecule has 48 heavy (non-hydrogen) atoms. The number of benzene rings is 2. The van der Waals surface area contributed by atoms with Gasteiger partial charge in [-0.05, 0) is 75.4 Å². The van der Waals surface area contributed by atoms with E-state index in [2.05, 4.69) is 22.2 Å². The molecule has 0 aromatic heterocycles. The number of methoxy groups -OCH3 is 1. The molecule has 1 N–H and O–H groups in total. The van der Waals surface area contributed by atoms with Crippen LogP contribution in [0.4, 0.5) is 0 Å². The van der Waals surface area contributed by atoms with Crippen LogP contribution < -0.4 is 10.1 Å². The van der Waals surface area contributed by atoms with Crippen molar-refractivity contribution in [3.8, 4) is 5.75 Å². The standard InChI is InChI=1S/C36H53N5O6S/c1-28-22-32(46-4)23-29(2)35(28)48(44,45)41-15-9-8-12-31(41)25-47-26-34(43)39-16-13-36(14-17-39,40-20-18-38(3)19-21-40)27-37-33(42)24-30-10-6-5-7-11-30/h5-7,10-11,22-23,31H,8-9,12-21,24-27H2,1-4H3,(H,37,42). The Hall–Kier alpha value is -3.03. The molecule has 12 heteroatoms. The summed E-state index contributed by atoms with van der Waals surface area (Å²) < 4.78 is 40.7. The second kappa shape index (κ2) is 16.1. The van der Waals surface area contributed by atoms with E-state index >= 15 is 0 Å². The quantitative estimate of drug-likeness (QED) is 0.364. The van der Waals surface area contributed by atoms with Gasteiger partial charge in [0.05, 0.1) is 25.0 Å². The van der Waals surface area contributed by atoms with Crippen LogP contribution >= 0.6 is 0 Å². The number of likely N-dealkylation sites (tertiary alicyclic amines) is 1. The minimum atomic E-state index is -3.76. The SMILES string of the molecule is COc1cc(C)c(S(=O)(=O)N2CCCCC2COCC(=O)N2CCC(CNC(=O)Cc3ccccc3)(N3CCN(C)CC3)CC2)c(C)c1. The normalized spacial score (nSPS) is 21.2. The Bertz CT molecular complexity index is 1480. The molecule has 3 aliphatic heterocycles. The highest BCUT2D eigenvalue weighted by Crippen LogP contribution is 2.33. The minimum Gasteiger partial charge on any atom is -0.497 e. The number of sulfonamides is 1. The molecule has 0 saturated carbocycles. The third-order valence-corrected chi connectivity index (χ3v) is 12.6. The fourth-order valence-corrected chi connectivity index (χ4v) is 9.64. The molecule has 3 aliphatic rings. The average Bonchev–Trinajstić information content (AvgIpc) is 3.08. The number of nitrogens with one attached hydrogen (secondary N) is 1. The molecule has 0 spiro atoms. The summed E-state index contributed by atoms with van der Waals surface area (Å²) in [5.41, 5.74) is 2.09. The Kier molecular flexibility index (Phi) is 12.2. The Balaban J connectivity index is 1.16. The summed E-state index contributed by atoms with van der Waals surface area (Å²) in [7, 11) is -0.0530. The number of aryl methyl sites for hydroxylation is 2. The fourth-order valence-electron chi connectivity index (χ4n) is 7.55. The maximum atomic E-state index is 13.9. The molecule has 264 valence electrons. The lowest BCUT2D eigenvalue weighted by atomic mass is 9.84. The van der Waals surface area contributed by atoms with Crippen LogP contribution in [0.1, 0.15) is 48.8 Å². The molecule has 1 atom stereocenters. The van der Waals surface area contributed by atoms with E-state index in [4.69, 9.17) is 9.47 Å². The Morgan fingerprint density at radius 3 is 2.25 bits per heavy atom. The average molecular weight is 684 g/mol. The molecule has 5 rings (SSSR count). The summed E-state index contributed by atoms with van der Waals surface area (Å²) in [5.74, 6) is 0.562. The molecule has 0 radical (unpaired) electrons. The lowest BCUT2D eigenvalue weighted by molar-refractivity contribution is -0.140. The first-order valence-corrected chi connectivity index (χ1v) is 18.7. The molecule has 2 amide bonds. The van der Waals surface area contributed by atoms with Gasteiger partial charge in [-0.25, -0.2) is 8.42 Å². The van der Waals surface area contributed by atoms with Gasteiger partial charge in [0, 0.05) is 63.9 Å². The van der Waals surface area contributed by atoms with Gasteiger partial charge in [0.15, 0.2) is 0 Å². The molecule has 2 aromatic rings. The molecule has 11 nitrogen and oxygen atoms in total. The first kappa shape index (κ1) is 36.3. The molecule has 0 bridgehead atoms. The van der Waals surface area contributed by atoms with Crippen molar-refractivity contribution in [2.75, 3.05) is 79.7 Å². The van der Waals surface area contributed by atoms with Crippen LogP contribution in [0.15, 0.2) is 47.4 Å². The topological polar surface area (TPSA) is 112 Å². The van der Waals surface area contributed by atoms with Crippen molar-refractivity contribution in [2.24, 2.45) is 0 Å². The lowest BCUT2D eigenvalue weighted by Gasteiger charge is -2.51. The van der Waals surface area contributed by atoms with Crippen LogP contribution in [-0.2, 0) is 30.8 Å².